The van der Waals surface area contributed by atoms with Gasteiger partial charge in [0.15, 0.2) is 0 Å². The van der Waals surface area contributed by atoms with Crippen molar-refractivity contribution >= 4 is 11.8 Å². The second kappa shape index (κ2) is 3.88. The molecule has 0 N–H and O–H groups in total. The first-order chi connectivity index (χ1) is 6.81. The zero-order valence-corrected chi connectivity index (χ0v) is 9.08. The average Bonchev–Trinajstić information content (AvgIpc) is 2.61. The fourth-order valence-corrected chi connectivity index (χ4v) is 2.02. The summed E-state index contributed by atoms with van der Waals surface area (Å²) in [6, 6.07) is 10.3. The molecule has 0 aliphatic heterocycles. The zero-order valence-electron chi connectivity index (χ0n) is 8.27. The molecule has 0 saturated carbocycles. The zero-order chi connectivity index (χ0) is 9.97. The molecule has 0 amide bonds. The molecule has 2 aromatic rings. The van der Waals surface area contributed by atoms with Crippen LogP contribution in [0.1, 0.15) is 0 Å². The number of aryl methyl sites for hydroxylation is 1. The number of thioether (sulfide) groups is 1. The van der Waals surface area contributed by atoms with Crippen molar-refractivity contribution in [3.8, 4) is 11.3 Å². The standard InChI is InChI=1S/C11H12N2S/c1-13-8-10(14-2)11(12-13)9-6-4-3-5-7-9/h3-8H,1-2H3. The Bertz CT molecular complexity index is 420. The largest absolute Gasteiger partial charge is 0.274 e. The van der Waals surface area contributed by atoms with Gasteiger partial charge in [0.2, 0.25) is 0 Å². The van der Waals surface area contributed by atoms with Crippen molar-refractivity contribution in [2.45, 2.75) is 4.90 Å². The Morgan fingerprint density at radius 3 is 2.57 bits per heavy atom. The maximum absolute atomic E-state index is 4.45. The summed E-state index contributed by atoms with van der Waals surface area (Å²) in [5.41, 5.74) is 2.25. The van der Waals surface area contributed by atoms with Crippen LogP contribution < -0.4 is 0 Å². The quantitative estimate of drug-likeness (QED) is 0.700. The van der Waals surface area contributed by atoms with E-state index in [1.54, 1.807) is 11.8 Å². The average molecular weight is 204 g/mol. The van der Waals surface area contributed by atoms with Gasteiger partial charge in [0.25, 0.3) is 0 Å². The molecule has 0 saturated heterocycles. The van der Waals surface area contributed by atoms with Crippen LogP contribution in [0.5, 0.6) is 0 Å². The Morgan fingerprint density at radius 1 is 1.21 bits per heavy atom. The van der Waals surface area contributed by atoms with E-state index in [2.05, 4.69) is 23.5 Å². The Morgan fingerprint density at radius 2 is 1.93 bits per heavy atom. The summed E-state index contributed by atoms with van der Waals surface area (Å²) in [5, 5.41) is 4.45. The summed E-state index contributed by atoms with van der Waals surface area (Å²) >= 11 is 1.73. The minimum absolute atomic E-state index is 1.07. The fraction of sp³-hybridized carbons (Fsp3) is 0.182. The third-order valence-electron chi connectivity index (χ3n) is 2.06. The molecule has 0 atom stereocenters. The molecular weight excluding hydrogens is 192 g/mol. The molecule has 1 aromatic heterocycles. The highest BCUT2D eigenvalue weighted by Gasteiger charge is 2.07. The Balaban J connectivity index is 2.51. The molecule has 0 fully saturated rings. The van der Waals surface area contributed by atoms with Crippen molar-refractivity contribution in [3.05, 3.63) is 36.5 Å². The first-order valence-electron chi connectivity index (χ1n) is 4.44. The molecule has 2 nitrogen and oxygen atoms in total. The number of nitrogens with zero attached hydrogens (tertiary/aromatic N) is 2. The van der Waals surface area contributed by atoms with Gasteiger partial charge >= 0.3 is 0 Å². The van der Waals surface area contributed by atoms with E-state index in [-0.39, 0.29) is 0 Å². The summed E-state index contributed by atoms with van der Waals surface area (Å²) < 4.78 is 1.86. The van der Waals surface area contributed by atoms with Crippen LogP contribution in [0.2, 0.25) is 0 Å². The van der Waals surface area contributed by atoms with Gasteiger partial charge in [-0.25, -0.2) is 0 Å². The molecule has 0 spiro atoms. The molecule has 72 valence electrons. The molecule has 1 heterocycles. The summed E-state index contributed by atoms with van der Waals surface area (Å²) in [6.07, 6.45) is 4.12. The van der Waals surface area contributed by atoms with Crippen LogP contribution in [0.25, 0.3) is 11.3 Å². The number of aromatic nitrogens is 2. The van der Waals surface area contributed by atoms with E-state index in [0.717, 1.165) is 5.69 Å². The topological polar surface area (TPSA) is 17.8 Å². The fourth-order valence-electron chi connectivity index (χ4n) is 1.41. The normalized spacial score (nSPS) is 10.4. The lowest BCUT2D eigenvalue weighted by Crippen LogP contribution is -1.87. The molecule has 3 heteroatoms. The van der Waals surface area contributed by atoms with Crippen LogP contribution in [0.3, 0.4) is 0 Å². The van der Waals surface area contributed by atoms with Gasteiger partial charge < -0.3 is 0 Å². The third-order valence-corrected chi connectivity index (χ3v) is 2.80. The summed E-state index contributed by atoms with van der Waals surface area (Å²) in [6.45, 7) is 0. The first kappa shape index (κ1) is 9.34. The van der Waals surface area contributed by atoms with Crippen molar-refractivity contribution in [2.24, 2.45) is 7.05 Å². The van der Waals surface area contributed by atoms with Crippen molar-refractivity contribution in [3.63, 3.8) is 0 Å². The van der Waals surface area contributed by atoms with E-state index in [1.165, 1.54) is 10.5 Å². The lowest BCUT2D eigenvalue weighted by Gasteiger charge is -1.97. The minimum atomic E-state index is 1.07. The smallest absolute Gasteiger partial charge is 0.106 e. The van der Waals surface area contributed by atoms with Gasteiger partial charge in [-0.3, -0.25) is 4.68 Å². The summed E-state index contributed by atoms with van der Waals surface area (Å²) in [4.78, 5) is 1.22. The van der Waals surface area contributed by atoms with Gasteiger partial charge in [0.05, 0.1) is 4.90 Å². The highest BCUT2D eigenvalue weighted by Crippen LogP contribution is 2.27. The Labute approximate surface area is 87.9 Å². The molecular formula is C11H12N2S. The highest BCUT2D eigenvalue weighted by atomic mass is 32.2. The van der Waals surface area contributed by atoms with E-state index in [0.29, 0.717) is 0 Å². The van der Waals surface area contributed by atoms with Crippen molar-refractivity contribution < 1.29 is 0 Å². The van der Waals surface area contributed by atoms with Gasteiger partial charge in [0.1, 0.15) is 5.69 Å². The van der Waals surface area contributed by atoms with Crippen LogP contribution in [-0.2, 0) is 7.05 Å². The molecule has 0 unspecified atom stereocenters. The van der Waals surface area contributed by atoms with Crippen LogP contribution in [0.15, 0.2) is 41.4 Å². The molecule has 0 aliphatic rings. The van der Waals surface area contributed by atoms with Crippen LogP contribution >= 0.6 is 11.8 Å². The van der Waals surface area contributed by atoms with E-state index in [4.69, 9.17) is 0 Å². The SMILES string of the molecule is CSc1cn(C)nc1-c1ccccc1. The maximum atomic E-state index is 4.45. The Hall–Kier alpha value is -1.22. The number of rotatable bonds is 2. The molecule has 14 heavy (non-hydrogen) atoms. The van der Waals surface area contributed by atoms with Gasteiger partial charge in [-0.1, -0.05) is 30.3 Å². The Kier molecular flexibility index (Phi) is 2.59. The molecule has 1 aromatic carbocycles. The molecule has 0 radical (unpaired) electrons. The summed E-state index contributed by atoms with van der Waals surface area (Å²) in [7, 11) is 1.95. The van der Waals surface area contributed by atoms with Crippen molar-refractivity contribution in [2.75, 3.05) is 6.26 Å². The van der Waals surface area contributed by atoms with Gasteiger partial charge in [-0.05, 0) is 6.26 Å². The molecule has 0 aliphatic carbocycles. The van der Waals surface area contributed by atoms with E-state index < -0.39 is 0 Å². The van der Waals surface area contributed by atoms with Crippen molar-refractivity contribution in [1.29, 1.82) is 0 Å². The van der Waals surface area contributed by atoms with Gasteiger partial charge in [-0.15, -0.1) is 11.8 Å². The predicted molar refractivity (Wildman–Crippen MR) is 60.4 cm³/mol. The van der Waals surface area contributed by atoms with Gasteiger partial charge in [0, 0.05) is 18.8 Å². The minimum Gasteiger partial charge on any atom is -0.274 e. The second-order valence-corrected chi connectivity index (χ2v) is 3.93. The molecule has 0 bridgehead atoms. The van der Waals surface area contributed by atoms with Crippen LogP contribution in [0.4, 0.5) is 0 Å². The highest BCUT2D eigenvalue weighted by molar-refractivity contribution is 7.98. The van der Waals surface area contributed by atoms with Gasteiger partial charge in [-0.2, -0.15) is 5.10 Å². The van der Waals surface area contributed by atoms with Crippen LogP contribution in [0, 0.1) is 0 Å². The molecule has 2 rings (SSSR count). The maximum Gasteiger partial charge on any atom is 0.106 e. The number of hydrogen-bond donors (Lipinski definition) is 0. The first-order valence-corrected chi connectivity index (χ1v) is 5.67. The van der Waals surface area contributed by atoms with E-state index >= 15 is 0 Å². The number of hydrogen-bond acceptors (Lipinski definition) is 2. The van der Waals surface area contributed by atoms with E-state index in [1.807, 2.05) is 36.1 Å². The van der Waals surface area contributed by atoms with Crippen LogP contribution in [-0.4, -0.2) is 16.0 Å². The van der Waals surface area contributed by atoms with E-state index in [9.17, 15) is 0 Å². The third kappa shape index (κ3) is 1.68. The monoisotopic (exact) mass is 204 g/mol. The van der Waals surface area contributed by atoms with Crippen molar-refractivity contribution in [1.82, 2.24) is 9.78 Å². The predicted octanol–water partition coefficient (Wildman–Crippen LogP) is 2.81. The lowest BCUT2D eigenvalue weighted by molar-refractivity contribution is 0.769. The summed E-state index contributed by atoms with van der Waals surface area (Å²) in [5.74, 6) is 0. The second-order valence-electron chi connectivity index (χ2n) is 3.09. The lowest BCUT2D eigenvalue weighted by atomic mass is 10.2. The number of benzene rings is 1.